The number of sulfone groups is 1. The van der Waals surface area contributed by atoms with E-state index in [9.17, 15) is 22.3 Å². The zero-order valence-electron chi connectivity index (χ0n) is 11.9. The smallest absolute Gasteiger partial charge is 0.150 e. The molecule has 3 atom stereocenters. The topological polar surface area (TPSA) is 54.4 Å². The number of hydrogen-bond acceptors (Lipinski definition) is 3. The lowest BCUT2D eigenvalue weighted by atomic mass is 9.82. The molecule has 0 amide bonds. The van der Waals surface area contributed by atoms with Crippen LogP contribution in [0.3, 0.4) is 0 Å². The van der Waals surface area contributed by atoms with Gasteiger partial charge in [-0.1, -0.05) is 12.5 Å². The van der Waals surface area contributed by atoms with Crippen molar-refractivity contribution in [2.24, 2.45) is 5.92 Å². The maximum atomic E-state index is 13.6. The Kier molecular flexibility index (Phi) is 4.99. The molecule has 3 unspecified atom stereocenters. The highest BCUT2D eigenvalue weighted by molar-refractivity contribution is 7.91. The van der Waals surface area contributed by atoms with Crippen molar-refractivity contribution >= 4 is 9.84 Å². The molecule has 21 heavy (non-hydrogen) atoms. The van der Waals surface area contributed by atoms with E-state index in [1.54, 1.807) is 0 Å². The lowest BCUT2D eigenvalue weighted by Gasteiger charge is -2.31. The Labute approximate surface area is 123 Å². The van der Waals surface area contributed by atoms with Crippen LogP contribution in [-0.4, -0.2) is 31.1 Å². The average Bonchev–Trinajstić information content (AvgIpc) is 2.42. The zero-order valence-corrected chi connectivity index (χ0v) is 12.7. The van der Waals surface area contributed by atoms with E-state index >= 15 is 0 Å². The Balaban J connectivity index is 2.08. The summed E-state index contributed by atoms with van der Waals surface area (Å²) in [4.78, 5) is 0. The summed E-state index contributed by atoms with van der Waals surface area (Å²) in [5.41, 5.74) is -0.133. The summed E-state index contributed by atoms with van der Waals surface area (Å²) in [5, 5.41) is 9.77. The van der Waals surface area contributed by atoms with Crippen LogP contribution in [0.25, 0.3) is 0 Å². The Morgan fingerprint density at radius 3 is 2.48 bits per heavy atom. The fourth-order valence-corrected chi connectivity index (χ4v) is 4.21. The summed E-state index contributed by atoms with van der Waals surface area (Å²) in [7, 11) is -3.14. The zero-order chi connectivity index (χ0) is 15.6. The molecule has 1 fully saturated rings. The van der Waals surface area contributed by atoms with Crippen molar-refractivity contribution in [1.82, 2.24) is 0 Å². The number of benzene rings is 1. The van der Waals surface area contributed by atoms with Gasteiger partial charge in [0.05, 0.1) is 11.4 Å². The van der Waals surface area contributed by atoms with Crippen LogP contribution in [-0.2, 0) is 16.3 Å². The number of aliphatic hydroxyl groups is 1. The molecule has 0 saturated heterocycles. The maximum absolute atomic E-state index is 13.6. The lowest BCUT2D eigenvalue weighted by molar-refractivity contribution is 0.0843. The van der Waals surface area contributed by atoms with Gasteiger partial charge in [-0.15, -0.1) is 0 Å². The molecular weight excluding hydrogens is 298 g/mol. The van der Waals surface area contributed by atoms with E-state index in [-0.39, 0.29) is 17.9 Å². The normalized spacial score (nSPS) is 24.8. The largest absolute Gasteiger partial charge is 0.392 e. The number of aliphatic hydroxyl groups excluding tert-OH is 1. The van der Waals surface area contributed by atoms with E-state index in [0.29, 0.717) is 25.7 Å². The van der Waals surface area contributed by atoms with Crippen LogP contribution in [0, 0.1) is 17.6 Å². The number of hydrogen-bond donors (Lipinski definition) is 1. The summed E-state index contributed by atoms with van der Waals surface area (Å²) in [6, 6.07) is 3.59. The first kappa shape index (κ1) is 16.4. The molecule has 1 aromatic carbocycles. The van der Waals surface area contributed by atoms with Crippen LogP contribution in [0.1, 0.15) is 31.2 Å². The summed E-state index contributed by atoms with van der Waals surface area (Å²) in [5.74, 6) is -1.59. The molecule has 0 heterocycles. The van der Waals surface area contributed by atoms with E-state index in [2.05, 4.69) is 0 Å². The third kappa shape index (κ3) is 4.01. The van der Waals surface area contributed by atoms with Crippen LogP contribution in [0.2, 0.25) is 0 Å². The van der Waals surface area contributed by atoms with E-state index in [1.807, 2.05) is 0 Å². The molecular formula is C15H20F2O3S. The lowest BCUT2D eigenvalue weighted by Crippen LogP contribution is -2.34. The van der Waals surface area contributed by atoms with Gasteiger partial charge in [0.1, 0.15) is 21.5 Å². The summed E-state index contributed by atoms with van der Waals surface area (Å²) in [6.07, 6.45) is 2.48. The molecule has 6 heteroatoms. The van der Waals surface area contributed by atoms with Crippen molar-refractivity contribution in [2.45, 2.75) is 43.5 Å². The minimum atomic E-state index is -3.14. The van der Waals surface area contributed by atoms with Gasteiger partial charge >= 0.3 is 0 Å². The molecule has 1 N–H and O–H groups in total. The summed E-state index contributed by atoms with van der Waals surface area (Å²) in [6.45, 7) is 0. The molecule has 1 aliphatic carbocycles. The van der Waals surface area contributed by atoms with Crippen LogP contribution in [0.5, 0.6) is 0 Å². The van der Waals surface area contributed by atoms with Crippen molar-refractivity contribution in [3.63, 3.8) is 0 Å². The molecule has 0 spiro atoms. The van der Waals surface area contributed by atoms with E-state index in [4.69, 9.17) is 0 Å². The van der Waals surface area contributed by atoms with Crippen molar-refractivity contribution in [3.8, 4) is 0 Å². The Morgan fingerprint density at radius 2 is 1.90 bits per heavy atom. The third-order valence-corrected chi connectivity index (χ3v) is 5.93. The Hall–Kier alpha value is -1.01. The van der Waals surface area contributed by atoms with Crippen LogP contribution >= 0.6 is 0 Å². The predicted octanol–water partition coefficient (Wildman–Crippen LogP) is 2.47. The fourth-order valence-electron chi connectivity index (χ4n) is 3.02. The van der Waals surface area contributed by atoms with Crippen molar-refractivity contribution in [3.05, 3.63) is 35.4 Å². The Bertz CT molecular complexity index is 581. The SMILES string of the molecule is CS(=O)(=O)C1CCCC(C(O)Cc2c(F)cccc2F)C1. The van der Waals surface area contributed by atoms with E-state index < -0.39 is 32.8 Å². The first-order valence-electron chi connectivity index (χ1n) is 7.09. The quantitative estimate of drug-likeness (QED) is 0.928. The van der Waals surface area contributed by atoms with Gasteiger partial charge in [-0.25, -0.2) is 17.2 Å². The molecule has 1 aliphatic rings. The second kappa shape index (κ2) is 6.40. The van der Waals surface area contributed by atoms with Gasteiger partial charge < -0.3 is 5.11 Å². The van der Waals surface area contributed by atoms with Gasteiger partial charge in [0.25, 0.3) is 0 Å². The predicted molar refractivity (Wildman–Crippen MR) is 76.7 cm³/mol. The summed E-state index contributed by atoms with van der Waals surface area (Å²) >= 11 is 0. The molecule has 118 valence electrons. The minimum Gasteiger partial charge on any atom is -0.392 e. The van der Waals surface area contributed by atoms with Gasteiger partial charge in [0.15, 0.2) is 0 Å². The number of rotatable bonds is 4. The standard InChI is InChI=1S/C15H20F2O3S/c1-21(19,20)11-5-2-4-10(8-11)15(18)9-12-13(16)6-3-7-14(12)17/h3,6-7,10-11,15,18H,2,4-5,8-9H2,1H3. The van der Waals surface area contributed by atoms with Crippen molar-refractivity contribution < 1.29 is 22.3 Å². The van der Waals surface area contributed by atoms with Crippen LogP contribution in [0.15, 0.2) is 18.2 Å². The molecule has 2 rings (SSSR count). The molecule has 1 aromatic rings. The third-order valence-electron chi connectivity index (χ3n) is 4.29. The maximum Gasteiger partial charge on any atom is 0.150 e. The molecule has 0 aromatic heterocycles. The molecule has 0 aliphatic heterocycles. The first-order valence-corrected chi connectivity index (χ1v) is 9.04. The van der Waals surface area contributed by atoms with Crippen LogP contribution in [0.4, 0.5) is 8.78 Å². The second-order valence-electron chi connectivity index (χ2n) is 5.85. The molecule has 0 radical (unpaired) electrons. The highest BCUT2D eigenvalue weighted by atomic mass is 32.2. The van der Waals surface area contributed by atoms with Gasteiger partial charge in [-0.2, -0.15) is 0 Å². The fraction of sp³-hybridized carbons (Fsp3) is 0.600. The van der Waals surface area contributed by atoms with Crippen molar-refractivity contribution in [2.75, 3.05) is 6.26 Å². The molecule has 3 nitrogen and oxygen atoms in total. The highest BCUT2D eigenvalue weighted by Gasteiger charge is 2.33. The monoisotopic (exact) mass is 318 g/mol. The average molecular weight is 318 g/mol. The first-order chi connectivity index (χ1) is 9.79. The van der Waals surface area contributed by atoms with Crippen LogP contribution < -0.4 is 0 Å². The van der Waals surface area contributed by atoms with Gasteiger partial charge in [0.2, 0.25) is 0 Å². The van der Waals surface area contributed by atoms with Gasteiger partial charge in [-0.05, 0) is 37.3 Å². The molecule has 0 bridgehead atoms. The minimum absolute atomic E-state index is 0.125. The number of halogens is 2. The van der Waals surface area contributed by atoms with Crippen molar-refractivity contribution in [1.29, 1.82) is 0 Å². The van der Waals surface area contributed by atoms with E-state index in [0.717, 1.165) is 12.1 Å². The Morgan fingerprint density at radius 1 is 1.29 bits per heavy atom. The molecule has 1 saturated carbocycles. The van der Waals surface area contributed by atoms with Gasteiger partial charge in [0, 0.05) is 18.2 Å². The van der Waals surface area contributed by atoms with E-state index in [1.165, 1.54) is 12.3 Å². The summed E-state index contributed by atoms with van der Waals surface area (Å²) < 4.78 is 50.4. The highest BCUT2D eigenvalue weighted by Crippen LogP contribution is 2.32. The second-order valence-corrected chi connectivity index (χ2v) is 8.18. The van der Waals surface area contributed by atoms with Gasteiger partial charge in [-0.3, -0.25) is 0 Å².